The lowest BCUT2D eigenvalue weighted by atomic mass is 9.87. The summed E-state index contributed by atoms with van der Waals surface area (Å²) >= 11 is 0. The number of unbranched alkanes of at least 4 members (excludes halogenated alkanes) is 2. The van der Waals surface area contributed by atoms with Gasteiger partial charge in [0, 0.05) is 24.2 Å². The van der Waals surface area contributed by atoms with Crippen LogP contribution >= 0.6 is 0 Å². The first-order valence-corrected chi connectivity index (χ1v) is 9.64. The van der Waals surface area contributed by atoms with Crippen molar-refractivity contribution in [3.05, 3.63) is 29.8 Å². The lowest BCUT2D eigenvalue weighted by Gasteiger charge is -2.27. The Morgan fingerprint density at radius 3 is 2.29 bits per heavy atom. The van der Waals surface area contributed by atoms with Crippen molar-refractivity contribution in [1.82, 2.24) is 0 Å². The highest BCUT2D eigenvalue weighted by Crippen LogP contribution is 2.70. The Morgan fingerprint density at radius 1 is 1.08 bits per heavy atom. The van der Waals surface area contributed by atoms with E-state index in [0.29, 0.717) is 5.78 Å². The van der Waals surface area contributed by atoms with E-state index < -0.39 is 0 Å². The molecule has 1 aromatic rings. The number of anilines is 1. The zero-order chi connectivity index (χ0) is 17.7. The third-order valence-corrected chi connectivity index (χ3v) is 7.17. The summed E-state index contributed by atoms with van der Waals surface area (Å²) in [4.78, 5) is 15.9. The highest BCUT2D eigenvalue weighted by atomic mass is 16.1. The predicted molar refractivity (Wildman–Crippen MR) is 102 cm³/mol. The molecule has 0 saturated heterocycles. The number of carbonyl (C=O) groups excluding carboxylic acids is 1. The fourth-order valence-corrected chi connectivity index (χ4v) is 5.01. The molecule has 0 N–H and O–H groups in total. The fraction of sp³-hybridized carbons (Fsp3) is 0.682. The summed E-state index contributed by atoms with van der Waals surface area (Å²) in [6, 6.07) is 8.85. The zero-order valence-electron chi connectivity index (χ0n) is 16.2. The van der Waals surface area contributed by atoms with Gasteiger partial charge in [0.2, 0.25) is 0 Å². The van der Waals surface area contributed by atoms with E-state index in [9.17, 15) is 4.79 Å². The van der Waals surface area contributed by atoms with Crippen LogP contribution in [0.3, 0.4) is 0 Å². The van der Waals surface area contributed by atoms with Crippen molar-refractivity contribution in [1.29, 1.82) is 0 Å². The van der Waals surface area contributed by atoms with Gasteiger partial charge in [-0.1, -0.05) is 65.7 Å². The third-order valence-electron chi connectivity index (χ3n) is 7.17. The second kappa shape index (κ2) is 5.89. The van der Waals surface area contributed by atoms with Crippen LogP contribution in [0.4, 0.5) is 5.69 Å². The van der Waals surface area contributed by atoms with Gasteiger partial charge in [-0.15, -0.1) is 0 Å². The molecule has 1 heterocycles. The predicted octanol–water partition coefficient (Wildman–Crippen LogP) is 5.42. The van der Waals surface area contributed by atoms with Crippen LogP contribution in [-0.4, -0.2) is 18.4 Å². The summed E-state index contributed by atoms with van der Waals surface area (Å²) in [6.45, 7) is 14.6. The van der Waals surface area contributed by atoms with E-state index in [0.717, 1.165) is 6.54 Å². The molecule has 0 amide bonds. The van der Waals surface area contributed by atoms with Gasteiger partial charge < -0.3 is 4.90 Å². The van der Waals surface area contributed by atoms with E-state index in [4.69, 9.17) is 0 Å². The maximum atomic E-state index is 13.5. The molecule has 0 radical (unpaired) electrons. The molecule has 0 spiro atoms. The fourth-order valence-electron chi connectivity index (χ4n) is 5.01. The lowest BCUT2D eigenvalue weighted by molar-refractivity contribution is -0.123. The summed E-state index contributed by atoms with van der Waals surface area (Å²) in [5, 5.41) is 0. The van der Waals surface area contributed by atoms with Gasteiger partial charge in [-0.25, -0.2) is 0 Å². The molecule has 1 aromatic carbocycles. The molecule has 1 aliphatic heterocycles. The number of ketones is 1. The van der Waals surface area contributed by atoms with Gasteiger partial charge in [0.1, 0.15) is 5.78 Å². The maximum Gasteiger partial charge on any atom is 0.146 e. The van der Waals surface area contributed by atoms with Gasteiger partial charge in [0.15, 0.2) is 0 Å². The monoisotopic (exact) mass is 327 g/mol. The first-order valence-electron chi connectivity index (χ1n) is 9.64. The number of hydrogen-bond acceptors (Lipinski definition) is 2. The number of para-hydroxylation sites is 1. The third kappa shape index (κ3) is 2.41. The number of Topliss-reactive ketones (excluding diaryl/α,β-unsaturated/α-hetero) is 1. The molecule has 1 fully saturated rings. The molecule has 132 valence electrons. The molecule has 0 aromatic heterocycles. The number of rotatable bonds is 6. The second-order valence-corrected chi connectivity index (χ2v) is 8.96. The van der Waals surface area contributed by atoms with Crippen molar-refractivity contribution in [2.24, 2.45) is 16.7 Å². The largest absolute Gasteiger partial charge is 0.368 e. The number of carbonyl (C=O) groups is 1. The van der Waals surface area contributed by atoms with Crippen molar-refractivity contribution in [3.8, 4) is 0 Å². The Kier molecular flexibility index (Phi) is 4.30. The Bertz CT molecular complexity index is 617. The van der Waals surface area contributed by atoms with E-state index in [-0.39, 0.29) is 28.7 Å². The highest BCUT2D eigenvalue weighted by molar-refractivity contribution is 5.96. The van der Waals surface area contributed by atoms with Gasteiger partial charge in [0.05, 0.1) is 5.92 Å². The molecule has 3 rings (SSSR count). The lowest BCUT2D eigenvalue weighted by Crippen LogP contribution is -2.36. The van der Waals surface area contributed by atoms with Gasteiger partial charge in [-0.05, 0) is 35.8 Å². The minimum Gasteiger partial charge on any atom is -0.368 e. The number of hydrogen-bond donors (Lipinski definition) is 0. The molecule has 2 unspecified atom stereocenters. The minimum atomic E-state index is 0.0360. The average molecular weight is 328 g/mol. The van der Waals surface area contributed by atoms with Crippen molar-refractivity contribution >= 4 is 11.5 Å². The SMILES string of the molecule is CCCCCN1c2ccccc2C(C(=O)C2C(C)(C)C2(C)C)C1C. The van der Waals surface area contributed by atoms with Gasteiger partial charge in [-0.3, -0.25) is 4.79 Å². The van der Waals surface area contributed by atoms with Crippen LogP contribution in [0.2, 0.25) is 0 Å². The van der Waals surface area contributed by atoms with Crippen molar-refractivity contribution in [2.45, 2.75) is 72.8 Å². The molecule has 1 aliphatic carbocycles. The van der Waals surface area contributed by atoms with Crippen LogP contribution in [-0.2, 0) is 4.79 Å². The van der Waals surface area contributed by atoms with E-state index in [1.54, 1.807) is 0 Å². The number of nitrogens with zero attached hydrogens (tertiary/aromatic N) is 1. The normalized spacial score (nSPS) is 27.2. The van der Waals surface area contributed by atoms with Crippen LogP contribution in [0.25, 0.3) is 0 Å². The van der Waals surface area contributed by atoms with Gasteiger partial charge >= 0.3 is 0 Å². The molecule has 2 aliphatic rings. The minimum absolute atomic E-state index is 0.0360. The zero-order valence-corrected chi connectivity index (χ0v) is 16.2. The molecule has 2 heteroatoms. The Labute approximate surface area is 147 Å². The van der Waals surface area contributed by atoms with Crippen molar-refractivity contribution in [3.63, 3.8) is 0 Å². The Morgan fingerprint density at radius 2 is 1.71 bits per heavy atom. The highest BCUT2D eigenvalue weighted by Gasteiger charge is 2.69. The molecule has 2 atom stereocenters. The van der Waals surface area contributed by atoms with Crippen LogP contribution in [0.5, 0.6) is 0 Å². The van der Waals surface area contributed by atoms with Crippen LogP contribution < -0.4 is 4.90 Å². The Hall–Kier alpha value is -1.31. The quantitative estimate of drug-likeness (QED) is 0.650. The molecular weight excluding hydrogens is 294 g/mol. The molecule has 24 heavy (non-hydrogen) atoms. The molecule has 2 nitrogen and oxygen atoms in total. The Balaban J connectivity index is 1.88. The van der Waals surface area contributed by atoms with E-state index >= 15 is 0 Å². The van der Waals surface area contributed by atoms with Crippen molar-refractivity contribution in [2.75, 3.05) is 11.4 Å². The molecule has 1 saturated carbocycles. The molecular formula is C22H33NO. The van der Waals surface area contributed by atoms with Crippen molar-refractivity contribution < 1.29 is 4.79 Å². The summed E-state index contributed by atoms with van der Waals surface area (Å²) in [5.41, 5.74) is 2.78. The number of fused-ring (bicyclic) bond motifs is 1. The summed E-state index contributed by atoms with van der Waals surface area (Å²) in [7, 11) is 0. The standard InChI is InChI=1S/C22H33NO/c1-7-8-11-14-23-15(2)18(16-12-9-10-13-17(16)23)19(24)20-21(3,4)22(20,5)6/h9-10,12-13,15,18,20H,7-8,11,14H2,1-6H3. The van der Waals surface area contributed by atoms with E-state index in [1.807, 2.05) is 0 Å². The van der Waals surface area contributed by atoms with E-state index in [2.05, 4.69) is 70.7 Å². The molecule has 0 bridgehead atoms. The van der Waals surface area contributed by atoms with Crippen LogP contribution in [0.15, 0.2) is 24.3 Å². The maximum absolute atomic E-state index is 13.5. The van der Waals surface area contributed by atoms with Crippen LogP contribution in [0.1, 0.15) is 72.3 Å². The van der Waals surface area contributed by atoms with E-state index in [1.165, 1.54) is 30.5 Å². The van der Waals surface area contributed by atoms with Gasteiger partial charge in [-0.2, -0.15) is 0 Å². The summed E-state index contributed by atoms with van der Waals surface area (Å²) < 4.78 is 0. The summed E-state index contributed by atoms with van der Waals surface area (Å²) in [6.07, 6.45) is 3.69. The number of benzene rings is 1. The smallest absolute Gasteiger partial charge is 0.146 e. The summed E-state index contributed by atoms with van der Waals surface area (Å²) in [5.74, 6) is 0.679. The first-order chi connectivity index (χ1) is 11.2. The van der Waals surface area contributed by atoms with Crippen LogP contribution in [0, 0.1) is 16.7 Å². The average Bonchev–Trinajstić information content (AvgIpc) is 2.79. The van der Waals surface area contributed by atoms with Gasteiger partial charge in [0.25, 0.3) is 0 Å². The second-order valence-electron chi connectivity index (χ2n) is 8.96. The topological polar surface area (TPSA) is 20.3 Å². The first kappa shape index (κ1) is 17.5.